The van der Waals surface area contributed by atoms with Crippen LogP contribution in [0.4, 0.5) is 11.6 Å². The molecule has 0 radical (unpaired) electrons. The lowest BCUT2D eigenvalue weighted by Crippen LogP contribution is -2.20. The minimum absolute atomic E-state index is 0.130. The summed E-state index contributed by atoms with van der Waals surface area (Å²) in [5.74, 6) is 2.97. The third-order valence-electron chi connectivity index (χ3n) is 4.78. The number of aryl methyl sites for hydroxylation is 1. The van der Waals surface area contributed by atoms with Gasteiger partial charge in [0.15, 0.2) is 17.1 Å². The molecule has 0 saturated heterocycles. The van der Waals surface area contributed by atoms with E-state index >= 15 is 0 Å². The smallest absolute Gasteiger partial charge is 0.161 e. The van der Waals surface area contributed by atoms with E-state index in [0.717, 1.165) is 28.2 Å². The summed E-state index contributed by atoms with van der Waals surface area (Å²) in [5.41, 5.74) is 14.8. The van der Waals surface area contributed by atoms with E-state index in [4.69, 9.17) is 25.9 Å². The van der Waals surface area contributed by atoms with Crippen LogP contribution < -0.4 is 20.9 Å². The van der Waals surface area contributed by atoms with E-state index in [0.29, 0.717) is 29.7 Å². The van der Waals surface area contributed by atoms with Crippen LogP contribution in [0.25, 0.3) is 22.4 Å². The number of anilines is 2. The first kappa shape index (κ1) is 19.5. The van der Waals surface area contributed by atoms with Crippen LogP contribution in [0.2, 0.25) is 0 Å². The Labute approximate surface area is 174 Å². The molecule has 4 aromatic rings. The number of nitrogens with two attached hydrogens (primary N) is 2. The number of nitrogen functional groups attached to an aromatic ring is 2. The zero-order chi connectivity index (χ0) is 21.3. The fraction of sp³-hybridized carbons (Fsp3) is 0.227. The number of methoxy groups -OCH3 is 1. The number of benzene rings is 1. The fourth-order valence-corrected chi connectivity index (χ4v) is 3.44. The maximum atomic E-state index is 6.12. The summed E-state index contributed by atoms with van der Waals surface area (Å²) in [7, 11) is 1.63. The lowest BCUT2D eigenvalue weighted by Gasteiger charge is -2.18. The molecule has 3 aromatic heterocycles. The molecule has 0 unspecified atom stereocenters. The van der Waals surface area contributed by atoms with Gasteiger partial charge in [0.2, 0.25) is 0 Å². The van der Waals surface area contributed by atoms with Crippen LogP contribution in [0, 0.1) is 6.92 Å². The van der Waals surface area contributed by atoms with Gasteiger partial charge in [-0.25, -0.2) is 15.0 Å². The fourth-order valence-electron chi connectivity index (χ4n) is 3.44. The number of aromatic nitrogens is 4. The van der Waals surface area contributed by atoms with Crippen molar-refractivity contribution < 1.29 is 9.47 Å². The molecule has 0 spiro atoms. The van der Waals surface area contributed by atoms with E-state index in [1.807, 2.05) is 54.8 Å². The normalized spacial score (nSPS) is 12.1. The lowest BCUT2D eigenvalue weighted by molar-refractivity contribution is 0.192. The molecule has 0 aliphatic heterocycles. The van der Waals surface area contributed by atoms with Gasteiger partial charge in [-0.3, -0.25) is 0 Å². The predicted molar refractivity (Wildman–Crippen MR) is 117 cm³/mol. The van der Waals surface area contributed by atoms with Crippen molar-refractivity contribution in [1.29, 1.82) is 0 Å². The molecule has 4 N–H and O–H groups in total. The van der Waals surface area contributed by atoms with Crippen molar-refractivity contribution in [2.24, 2.45) is 0 Å². The summed E-state index contributed by atoms with van der Waals surface area (Å²) in [5, 5.41) is 0. The number of ether oxygens (including phenoxy) is 2. The van der Waals surface area contributed by atoms with E-state index in [9.17, 15) is 0 Å². The monoisotopic (exact) mass is 404 g/mol. The van der Waals surface area contributed by atoms with Crippen molar-refractivity contribution in [3.8, 4) is 22.8 Å². The molecular weight excluding hydrogens is 380 g/mol. The molecule has 3 heterocycles. The lowest BCUT2D eigenvalue weighted by atomic mass is 10.1. The summed E-state index contributed by atoms with van der Waals surface area (Å²) in [6.07, 6.45) is -0.130. The minimum Gasteiger partial charge on any atom is -0.493 e. The largest absolute Gasteiger partial charge is 0.493 e. The van der Waals surface area contributed by atoms with Crippen LogP contribution in [0.5, 0.6) is 11.5 Å². The van der Waals surface area contributed by atoms with Crippen LogP contribution in [-0.4, -0.2) is 32.7 Å². The number of rotatable bonds is 6. The van der Waals surface area contributed by atoms with Crippen molar-refractivity contribution in [3.05, 3.63) is 54.4 Å². The Balaban J connectivity index is 1.66. The molecule has 1 atom stereocenters. The van der Waals surface area contributed by atoms with Crippen LogP contribution >= 0.6 is 0 Å². The van der Waals surface area contributed by atoms with Gasteiger partial charge in [-0.05, 0) is 50.2 Å². The Kier molecular flexibility index (Phi) is 5.14. The first-order valence-corrected chi connectivity index (χ1v) is 9.61. The molecule has 0 aliphatic rings. The average Bonchev–Trinajstić information content (AvgIpc) is 3.02. The summed E-state index contributed by atoms with van der Waals surface area (Å²) >= 11 is 0. The first-order valence-electron chi connectivity index (χ1n) is 9.61. The third kappa shape index (κ3) is 3.84. The average molecular weight is 404 g/mol. The molecule has 0 aliphatic carbocycles. The van der Waals surface area contributed by atoms with Crippen LogP contribution in [0.3, 0.4) is 0 Å². The van der Waals surface area contributed by atoms with Gasteiger partial charge in [0.1, 0.15) is 29.1 Å². The van der Waals surface area contributed by atoms with E-state index in [1.54, 1.807) is 19.2 Å². The highest BCUT2D eigenvalue weighted by Crippen LogP contribution is 2.28. The number of nitrogens with zero attached hydrogens (tertiary/aromatic N) is 4. The second kappa shape index (κ2) is 7.90. The predicted octanol–water partition coefficient (Wildman–Crippen LogP) is 3.44. The van der Waals surface area contributed by atoms with Crippen molar-refractivity contribution in [3.63, 3.8) is 0 Å². The van der Waals surface area contributed by atoms with Gasteiger partial charge in [0.25, 0.3) is 0 Å². The van der Waals surface area contributed by atoms with Crippen molar-refractivity contribution in [2.75, 3.05) is 18.6 Å². The molecular formula is C22H24N6O2. The number of imidazole rings is 1. The van der Waals surface area contributed by atoms with Gasteiger partial charge >= 0.3 is 0 Å². The van der Waals surface area contributed by atoms with Crippen molar-refractivity contribution >= 4 is 22.8 Å². The summed E-state index contributed by atoms with van der Waals surface area (Å²) < 4.78 is 13.5. The number of hydrogen-bond acceptors (Lipinski definition) is 7. The van der Waals surface area contributed by atoms with E-state index in [-0.39, 0.29) is 6.10 Å². The SMILES string of the molecule is COc1ccccc1O[C@@H](C)Cn1c(C)nc2ccc(-c3cc(N)nc(N)c3)nc21. The molecule has 30 heavy (non-hydrogen) atoms. The van der Waals surface area contributed by atoms with E-state index in [2.05, 4.69) is 9.97 Å². The van der Waals surface area contributed by atoms with Crippen LogP contribution in [0.1, 0.15) is 12.7 Å². The number of para-hydroxylation sites is 2. The first-order chi connectivity index (χ1) is 14.4. The number of fused-ring (bicyclic) bond motifs is 1. The van der Waals surface area contributed by atoms with Crippen LogP contribution in [0.15, 0.2) is 48.5 Å². The van der Waals surface area contributed by atoms with Gasteiger partial charge in [-0.1, -0.05) is 12.1 Å². The Morgan fingerprint density at radius 3 is 2.37 bits per heavy atom. The van der Waals surface area contributed by atoms with Crippen molar-refractivity contribution in [1.82, 2.24) is 19.5 Å². The Morgan fingerprint density at radius 1 is 0.967 bits per heavy atom. The standard InChI is InChI=1S/C22H24N6O2/c1-13(30-19-7-5-4-6-18(19)29-3)12-28-14(2)25-17-9-8-16(26-22(17)28)15-10-20(23)27-21(24)11-15/h4-11,13H,12H2,1-3H3,(H4,23,24,27)/t13-/m0/s1. The second-order valence-corrected chi connectivity index (χ2v) is 7.09. The maximum Gasteiger partial charge on any atom is 0.161 e. The molecule has 154 valence electrons. The molecule has 4 rings (SSSR count). The second-order valence-electron chi connectivity index (χ2n) is 7.09. The summed E-state index contributed by atoms with van der Waals surface area (Å²) in [6, 6.07) is 15.0. The maximum absolute atomic E-state index is 6.12. The Morgan fingerprint density at radius 2 is 1.67 bits per heavy atom. The highest BCUT2D eigenvalue weighted by atomic mass is 16.5. The number of hydrogen-bond donors (Lipinski definition) is 2. The molecule has 8 heteroatoms. The molecule has 0 fully saturated rings. The molecule has 1 aromatic carbocycles. The summed E-state index contributed by atoms with van der Waals surface area (Å²) in [6.45, 7) is 4.54. The highest BCUT2D eigenvalue weighted by molar-refractivity contribution is 5.77. The van der Waals surface area contributed by atoms with Gasteiger partial charge in [0, 0.05) is 5.56 Å². The minimum atomic E-state index is -0.130. The van der Waals surface area contributed by atoms with E-state index < -0.39 is 0 Å². The quantitative estimate of drug-likeness (QED) is 0.506. The van der Waals surface area contributed by atoms with E-state index in [1.165, 1.54) is 0 Å². The highest BCUT2D eigenvalue weighted by Gasteiger charge is 2.16. The van der Waals surface area contributed by atoms with Gasteiger partial charge in [-0.15, -0.1) is 0 Å². The van der Waals surface area contributed by atoms with Gasteiger partial charge < -0.3 is 25.5 Å². The molecule has 0 saturated carbocycles. The Hall–Kier alpha value is -3.81. The zero-order valence-corrected chi connectivity index (χ0v) is 17.2. The zero-order valence-electron chi connectivity index (χ0n) is 17.2. The summed E-state index contributed by atoms with van der Waals surface area (Å²) in [4.78, 5) is 13.5. The molecule has 8 nitrogen and oxygen atoms in total. The van der Waals surface area contributed by atoms with Crippen molar-refractivity contribution in [2.45, 2.75) is 26.5 Å². The number of pyridine rings is 2. The molecule has 0 amide bonds. The topological polar surface area (TPSA) is 114 Å². The van der Waals surface area contributed by atoms with Gasteiger partial charge in [0.05, 0.1) is 19.3 Å². The van der Waals surface area contributed by atoms with Crippen LogP contribution in [-0.2, 0) is 6.54 Å². The third-order valence-corrected chi connectivity index (χ3v) is 4.78. The van der Waals surface area contributed by atoms with Gasteiger partial charge in [-0.2, -0.15) is 0 Å². The Bertz CT molecular complexity index is 1180. The molecule has 0 bridgehead atoms.